The highest BCUT2D eigenvalue weighted by Gasteiger charge is 1.93. The Balaban J connectivity index is 2.74. The first kappa shape index (κ1) is 8.47. The normalized spacial score (nSPS) is 9.64. The number of aryl methyl sites for hydroxylation is 1. The van der Waals surface area contributed by atoms with Crippen LogP contribution in [-0.2, 0) is 6.42 Å². The molecule has 0 radical (unpaired) electrons. The minimum absolute atomic E-state index is 0.806. The number of nitrogens with zero attached hydrogens (tertiary/aromatic N) is 1. The van der Waals surface area contributed by atoms with E-state index in [9.17, 15) is 0 Å². The fraction of sp³-hybridized carbons (Fsp3) is 0.222. The zero-order valence-electron chi connectivity index (χ0n) is 6.47. The van der Waals surface area contributed by atoms with Crippen LogP contribution in [0.1, 0.15) is 11.3 Å². The van der Waals surface area contributed by atoms with E-state index < -0.39 is 0 Å². The van der Waals surface area contributed by atoms with Crippen molar-refractivity contribution in [2.75, 3.05) is 0 Å². The van der Waals surface area contributed by atoms with Gasteiger partial charge in [0.05, 0.1) is 0 Å². The van der Waals surface area contributed by atoms with Gasteiger partial charge in [0.25, 0.3) is 0 Å². The summed E-state index contributed by atoms with van der Waals surface area (Å²) in [5, 5.41) is 0. The molecule has 0 amide bonds. The zero-order chi connectivity index (χ0) is 8.27. The van der Waals surface area contributed by atoms with E-state index in [0.29, 0.717) is 0 Å². The molecule has 0 saturated heterocycles. The van der Waals surface area contributed by atoms with Gasteiger partial charge in [-0.1, -0.05) is 28.6 Å². The number of allylic oxidation sites excluding steroid dienone is 1. The number of aromatic nitrogens is 1. The highest BCUT2D eigenvalue weighted by molar-refractivity contribution is 9.11. The Morgan fingerprint density at radius 1 is 1.64 bits per heavy atom. The van der Waals surface area contributed by atoms with Crippen LogP contribution in [0.15, 0.2) is 29.4 Å². The molecular weight excluding hydrogens is 202 g/mol. The smallest absolute Gasteiger partial charge is 0.0452 e. The fourth-order valence-electron chi connectivity index (χ4n) is 0.800. The number of pyridine rings is 1. The molecule has 0 spiro atoms. The summed E-state index contributed by atoms with van der Waals surface area (Å²) in [5.74, 6) is 0. The highest BCUT2D eigenvalue weighted by Crippen LogP contribution is 2.09. The van der Waals surface area contributed by atoms with E-state index in [1.165, 1.54) is 5.56 Å². The van der Waals surface area contributed by atoms with E-state index >= 15 is 0 Å². The Labute approximate surface area is 75.3 Å². The van der Waals surface area contributed by atoms with Gasteiger partial charge in [-0.2, -0.15) is 0 Å². The lowest BCUT2D eigenvalue weighted by atomic mass is 10.2. The maximum Gasteiger partial charge on any atom is 0.0452 e. The van der Waals surface area contributed by atoms with E-state index in [-0.39, 0.29) is 0 Å². The van der Waals surface area contributed by atoms with Gasteiger partial charge in [0.15, 0.2) is 0 Å². The van der Waals surface area contributed by atoms with Gasteiger partial charge in [0.1, 0.15) is 0 Å². The summed E-state index contributed by atoms with van der Waals surface area (Å²) in [6.45, 7) is 5.78. The number of rotatable bonds is 2. The number of hydrogen-bond acceptors (Lipinski definition) is 1. The van der Waals surface area contributed by atoms with Crippen molar-refractivity contribution in [2.24, 2.45) is 0 Å². The van der Waals surface area contributed by atoms with E-state index in [1.54, 1.807) is 0 Å². The van der Waals surface area contributed by atoms with Crippen LogP contribution in [0.2, 0.25) is 0 Å². The second kappa shape index (κ2) is 3.67. The Morgan fingerprint density at radius 2 is 2.36 bits per heavy atom. The Hall–Kier alpha value is -0.630. The number of halogens is 1. The van der Waals surface area contributed by atoms with Crippen LogP contribution in [0.25, 0.3) is 0 Å². The van der Waals surface area contributed by atoms with Crippen molar-refractivity contribution in [1.82, 2.24) is 4.98 Å². The van der Waals surface area contributed by atoms with Crippen molar-refractivity contribution in [3.05, 3.63) is 40.6 Å². The zero-order valence-corrected chi connectivity index (χ0v) is 8.06. The molecule has 0 aliphatic heterocycles. The van der Waals surface area contributed by atoms with E-state index in [4.69, 9.17) is 0 Å². The van der Waals surface area contributed by atoms with E-state index in [2.05, 4.69) is 33.6 Å². The van der Waals surface area contributed by atoms with Crippen molar-refractivity contribution in [3.63, 3.8) is 0 Å². The molecular formula is C9H10BrN. The average Bonchev–Trinajstić information content (AvgIpc) is 1.93. The summed E-state index contributed by atoms with van der Waals surface area (Å²) in [5.41, 5.74) is 2.24. The average molecular weight is 212 g/mol. The lowest BCUT2D eigenvalue weighted by Crippen LogP contribution is -1.88. The Bertz CT molecular complexity index is 251. The van der Waals surface area contributed by atoms with Crippen LogP contribution >= 0.6 is 15.9 Å². The minimum atomic E-state index is 0.806. The molecule has 0 N–H and O–H groups in total. The van der Waals surface area contributed by atoms with Crippen LogP contribution in [0.4, 0.5) is 0 Å². The summed E-state index contributed by atoms with van der Waals surface area (Å²) >= 11 is 3.30. The Morgan fingerprint density at radius 3 is 2.82 bits per heavy atom. The lowest BCUT2D eigenvalue weighted by Gasteiger charge is -1.97. The molecule has 11 heavy (non-hydrogen) atoms. The van der Waals surface area contributed by atoms with Gasteiger partial charge < -0.3 is 0 Å². The molecule has 58 valence electrons. The van der Waals surface area contributed by atoms with Crippen LogP contribution in [0, 0.1) is 6.92 Å². The third-order valence-electron chi connectivity index (χ3n) is 1.35. The van der Waals surface area contributed by atoms with Crippen molar-refractivity contribution in [2.45, 2.75) is 13.3 Å². The molecule has 0 fully saturated rings. The standard InChI is InChI=1S/C9H10BrN/c1-7-3-4-9(11-6-7)5-8(2)10/h3-4,6H,2,5H2,1H3. The van der Waals surface area contributed by atoms with Crippen LogP contribution < -0.4 is 0 Å². The molecule has 1 aromatic heterocycles. The van der Waals surface area contributed by atoms with Gasteiger partial charge >= 0.3 is 0 Å². The monoisotopic (exact) mass is 211 g/mol. The minimum Gasteiger partial charge on any atom is -0.261 e. The molecule has 1 nitrogen and oxygen atoms in total. The quantitative estimate of drug-likeness (QED) is 0.734. The summed E-state index contributed by atoms with van der Waals surface area (Å²) in [4.78, 5) is 4.23. The molecule has 0 atom stereocenters. The van der Waals surface area contributed by atoms with Crippen LogP contribution in [-0.4, -0.2) is 4.98 Å². The van der Waals surface area contributed by atoms with Gasteiger partial charge in [0, 0.05) is 18.3 Å². The second-order valence-electron chi connectivity index (χ2n) is 2.52. The molecule has 0 aliphatic carbocycles. The van der Waals surface area contributed by atoms with Crippen molar-refractivity contribution < 1.29 is 0 Å². The van der Waals surface area contributed by atoms with Gasteiger partial charge in [-0.3, -0.25) is 4.98 Å². The van der Waals surface area contributed by atoms with Gasteiger partial charge in [-0.05, 0) is 23.0 Å². The van der Waals surface area contributed by atoms with Gasteiger partial charge in [-0.15, -0.1) is 0 Å². The first-order valence-electron chi connectivity index (χ1n) is 3.43. The van der Waals surface area contributed by atoms with Crippen LogP contribution in [0.5, 0.6) is 0 Å². The van der Waals surface area contributed by atoms with Gasteiger partial charge in [0.2, 0.25) is 0 Å². The summed E-state index contributed by atoms with van der Waals surface area (Å²) in [6.07, 6.45) is 2.67. The summed E-state index contributed by atoms with van der Waals surface area (Å²) in [6, 6.07) is 4.07. The molecule has 1 aromatic rings. The first-order chi connectivity index (χ1) is 5.18. The third-order valence-corrected chi connectivity index (χ3v) is 1.63. The topological polar surface area (TPSA) is 12.9 Å². The van der Waals surface area contributed by atoms with Crippen molar-refractivity contribution in [1.29, 1.82) is 0 Å². The molecule has 0 saturated carbocycles. The predicted molar refractivity (Wildman–Crippen MR) is 50.7 cm³/mol. The largest absolute Gasteiger partial charge is 0.261 e. The molecule has 0 aromatic carbocycles. The summed E-state index contributed by atoms with van der Waals surface area (Å²) in [7, 11) is 0. The molecule has 2 heteroatoms. The van der Waals surface area contributed by atoms with E-state index in [0.717, 1.165) is 16.6 Å². The maximum absolute atomic E-state index is 4.23. The lowest BCUT2D eigenvalue weighted by molar-refractivity contribution is 1.09. The van der Waals surface area contributed by atoms with E-state index in [1.807, 2.05) is 19.2 Å². The molecule has 0 unspecified atom stereocenters. The highest BCUT2D eigenvalue weighted by atomic mass is 79.9. The summed E-state index contributed by atoms with van der Waals surface area (Å²) < 4.78 is 0.967. The molecule has 1 heterocycles. The van der Waals surface area contributed by atoms with Crippen molar-refractivity contribution >= 4 is 15.9 Å². The van der Waals surface area contributed by atoms with Crippen LogP contribution in [0.3, 0.4) is 0 Å². The number of hydrogen-bond donors (Lipinski definition) is 0. The first-order valence-corrected chi connectivity index (χ1v) is 4.22. The van der Waals surface area contributed by atoms with Crippen molar-refractivity contribution in [3.8, 4) is 0 Å². The second-order valence-corrected chi connectivity index (χ2v) is 3.64. The van der Waals surface area contributed by atoms with Gasteiger partial charge in [-0.25, -0.2) is 0 Å². The third kappa shape index (κ3) is 2.85. The molecule has 0 bridgehead atoms. The SMILES string of the molecule is C=C(Br)Cc1ccc(C)cn1. The fourth-order valence-corrected chi connectivity index (χ4v) is 1.09. The molecule has 1 rings (SSSR count). The Kier molecular flexibility index (Phi) is 2.83. The molecule has 0 aliphatic rings. The predicted octanol–water partition coefficient (Wildman–Crippen LogP) is 2.84. The maximum atomic E-state index is 4.23.